The lowest BCUT2D eigenvalue weighted by Gasteiger charge is -2.22. The molecule has 8 nitrogen and oxygen atoms in total. The van der Waals surface area contributed by atoms with Crippen LogP contribution < -0.4 is 20.1 Å². The molecule has 2 amide bonds. The fourth-order valence-electron chi connectivity index (χ4n) is 3.25. The highest BCUT2D eigenvalue weighted by atomic mass is 16.5. The van der Waals surface area contributed by atoms with Crippen molar-refractivity contribution >= 4 is 23.5 Å². The normalized spacial score (nSPS) is 14.0. The second-order valence-corrected chi connectivity index (χ2v) is 7.03. The van der Waals surface area contributed by atoms with Crippen molar-refractivity contribution in [2.45, 2.75) is 57.4 Å². The number of carbonyl (C=O) groups excluding carboxylic acids is 3. The van der Waals surface area contributed by atoms with Crippen LogP contribution in [0.2, 0.25) is 0 Å². The molecule has 1 aliphatic rings. The fraction of sp³-hybridized carbons (Fsp3) is 0.571. The fourth-order valence-corrected chi connectivity index (χ4v) is 3.25. The van der Waals surface area contributed by atoms with Crippen LogP contribution in [0.3, 0.4) is 0 Å². The number of benzene rings is 1. The summed E-state index contributed by atoms with van der Waals surface area (Å²) in [6, 6.07) is 5.23. The Labute approximate surface area is 171 Å². The van der Waals surface area contributed by atoms with E-state index in [0.717, 1.165) is 25.7 Å². The molecular weight excluding hydrogens is 376 g/mol. The number of ether oxygens (including phenoxy) is 3. The summed E-state index contributed by atoms with van der Waals surface area (Å²) in [5.41, 5.74) is 0.453. The summed E-state index contributed by atoms with van der Waals surface area (Å²) in [6.07, 6.45) is 6.37. The van der Waals surface area contributed by atoms with Gasteiger partial charge in [-0.25, -0.2) is 0 Å². The molecule has 29 heavy (non-hydrogen) atoms. The van der Waals surface area contributed by atoms with E-state index in [2.05, 4.69) is 10.6 Å². The first-order valence-corrected chi connectivity index (χ1v) is 9.98. The molecule has 2 N–H and O–H groups in total. The standard InChI is InChI=1S/C21H30N2O6/c1-27-16-11-12-17(18(13-16)28-2)23-20(25)14-29-21(26)10-6-9-19(24)22-15-7-4-3-5-8-15/h11-13,15H,3-10,14H2,1-2H3,(H,22,24)(H,23,25). The summed E-state index contributed by atoms with van der Waals surface area (Å²) >= 11 is 0. The third kappa shape index (κ3) is 8.01. The van der Waals surface area contributed by atoms with Crippen LogP contribution in [0.1, 0.15) is 51.4 Å². The van der Waals surface area contributed by atoms with Gasteiger partial charge in [0.15, 0.2) is 6.61 Å². The molecule has 0 heterocycles. The molecule has 0 spiro atoms. The smallest absolute Gasteiger partial charge is 0.306 e. The van der Waals surface area contributed by atoms with E-state index in [4.69, 9.17) is 14.2 Å². The van der Waals surface area contributed by atoms with Gasteiger partial charge in [0.25, 0.3) is 5.91 Å². The highest BCUT2D eigenvalue weighted by molar-refractivity contribution is 5.94. The SMILES string of the molecule is COc1ccc(NC(=O)COC(=O)CCCC(=O)NC2CCCCC2)c(OC)c1. The minimum atomic E-state index is -0.507. The molecule has 0 saturated heterocycles. The average Bonchev–Trinajstić information content (AvgIpc) is 2.73. The minimum absolute atomic E-state index is 0.0333. The number of anilines is 1. The Bertz CT molecular complexity index is 700. The van der Waals surface area contributed by atoms with E-state index >= 15 is 0 Å². The third-order valence-electron chi connectivity index (χ3n) is 4.80. The van der Waals surface area contributed by atoms with Gasteiger partial charge >= 0.3 is 5.97 Å². The summed E-state index contributed by atoms with van der Waals surface area (Å²) in [4.78, 5) is 35.7. The number of carbonyl (C=O) groups is 3. The van der Waals surface area contributed by atoms with Gasteiger partial charge in [-0.3, -0.25) is 14.4 Å². The first-order valence-electron chi connectivity index (χ1n) is 9.98. The van der Waals surface area contributed by atoms with Crippen LogP contribution in [0.15, 0.2) is 18.2 Å². The van der Waals surface area contributed by atoms with Gasteiger partial charge in [0.05, 0.1) is 19.9 Å². The van der Waals surface area contributed by atoms with Gasteiger partial charge in [-0.15, -0.1) is 0 Å². The summed E-state index contributed by atoms with van der Waals surface area (Å²) in [7, 11) is 3.01. The Morgan fingerprint density at radius 1 is 1.00 bits per heavy atom. The molecular formula is C21H30N2O6. The molecule has 0 radical (unpaired) electrons. The molecule has 0 aromatic heterocycles. The molecule has 160 valence electrons. The summed E-state index contributed by atoms with van der Waals surface area (Å²) in [6.45, 7) is -0.401. The molecule has 2 rings (SSSR count). The van der Waals surface area contributed by atoms with Crippen molar-refractivity contribution in [3.8, 4) is 11.5 Å². The second kappa shape index (κ2) is 11.9. The van der Waals surface area contributed by atoms with E-state index < -0.39 is 18.5 Å². The zero-order valence-corrected chi connectivity index (χ0v) is 17.1. The highest BCUT2D eigenvalue weighted by Crippen LogP contribution is 2.28. The van der Waals surface area contributed by atoms with Crippen LogP contribution in [0.5, 0.6) is 11.5 Å². The van der Waals surface area contributed by atoms with Gasteiger partial charge < -0.3 is 24.8 Å². The lowest BCUT2D eigenvalue weighted by Crippen LogP contribution is -2.36. The zero-order chi connectivity index (χ0) is 21.1. The minimum Gasteiger partial charge on any atom is -0.497 e. The van der Waals surface area contributed by atoms with Crippen LogP contribution >= 0.6 is 0 Å². The van der Waals surface area contributed by atoms with Crippen LogP contribution in [0.4, 0.5) is 5.69 Å². The topological polar surface area (TPSA) is 103 Å². The van der Waals surface area contributed by atoms with Crippen molar-refractivity contribution in [2.24, 2.45) is 0 Å². The molecule has 0 aliphatic heterocycles. The van der Waals surface area contributed by atoms with Crippen molar-refractivity contribution in [1.29, 1.82) is 0 Å². The predicted octanol–water partition coefficient (Wildman–Crippen LogP) is 2.80. The van der Waals surface area contributed by atoms with Crippen LogP contribution in [0, 0.1) is 0 Å². The van der Waals surface area contributed by atoms with Crippen LogP contribution in [0.25, 0.3) is 0 Å². The lowest BCUT2D eigenvalue weighted by molar-refractivity contribution is -0.147. The highest BCUT2D eigenvalue weighted by Gasteiger charge is 2.16. The Balaban J connectivity index is 1.64. The largest absolute Gasteiger partial charge is 0.497 e. The first-order chi connectivity index (χ1) is 14.0. The molecule has 0 atom stereocenters. The van der Waals surface area contributed by atoms with Gasteiger partial charge in [-0.05, 0) is 31.4 Å². The number of hydrogen-bond acceptors (Lipinski definition) is 6. The van der Waals surface area contributed by atoms with Crippen molar-refractivity contribution < 1.29 is 28.6 Å². The number of nitrogens with one attached hydrogen (secondary N) is 2. The van der Waals surface area contributed by atoms with Crippen LogP contribution in [-0.2, 0) is 19.1 Å². The molecule has 1 aliphatic carbocycles. The number of esters is 1. The summed E-state index contributed by atoms with van der Waals surface area (Å²) in [5, 5.41) is 5.64. The van der Waals surface area contributed by atoms with Crippen molar-refractivity contribution in [1.82, 2.24) is 5.32 Å². The second-order valence-electron chi connectivity index (χ2n) is 7.03. The van der Waals surface area contributed by atoms with Gasteiger partial charge in [0, 0.05) is 24.9 Å². The van der Waals surface area contributed by atoms with Crippen molar-refractivity contribution in [2.75, 3.05) is 26.1 Å². The molecule has 1 saturated carbocycles. The lowest BCUT2D eigenvalue weighted by atomic mass is 9.95. The first kappa shape index (κ1) is 22.5. The van der Waals surface area contributed by atoms with E-state index in [9.17, 15) is 14.4 Å². The molecule has 0 unspecified atom stereocenters. The molecule has 1 aromatic rings. The Morgan fingerprint density at radius 2 is 1.76 bits per heavy atom. The maximum Gasteiger partial charge on any atom is 0.306 e. The number of rotatable bonds is 10. The van der Waals surface area contributed by atoms with Gasteiger partial charge in [0.2, 0.25) is 5.91 Å². The Kier molecular flexibility index (Phi) is 9.27. The van der Waals surface area contributed by atoms with Gasteiger partial charge in [-0.2, -0.15) is 0 Å². The maximum absolute atomic E-state index is 12.0. The van der Waals surface area contributed by atoms with E-state index in [1.54, 1.807) is 18.2 Å². The van der Waals surface area contributed by atoms with Gasteiger partial charge in [-0.1, -0.05) is 19.3 Å². The average molecular weight is 406 g/mol. The zero-order valence-electron chi connectivity index (χ0n) is 17.1. The van der Waals surface area contributed by atoms with Crippen molar-refractivity contribution in [3.05, 3.63) is 18.2 Å². The Hall–Kier alpha value is -2.77. The van der Waals surface area contributed by atoms with Crippen molar-refractivity contribution in [3.63, 3.8) is 0 Å². The van der Waals surface area contributed by atoms with Gasteiger partial charge in [0.1, 0.15) is 11.5 Å². The molecule has 1 fully saturated rings. The van der Waals surface area contributed by atoms with E-state index in [0.29, 0.717) is 23.6 Å². The molecule has 1 aromatic carbocycles. The monoisotopic (exact) mass is 406 g/mol. The number of hydrogen-bond donors (Lipinski definition) is 2. The maximum atomic E-state index is 12.0. The quantitative estimate of drug-likeness (QED) is 0.579. The Morgan fingerprint density at radius 3 is 2.45 bits per heavy atom. The molecule has 0 bridgehead atoms. The third-order valence-corrected chi connectivity index (χ3v) is 4.80. The number of amides is 2. The van der Waals surface area contributed by atoms with E-state index in [1.807, 2.05) is 0 Å². The molecule has 8 heteroatoms. The van der Waals surface area contributed by atoms with E-state index in [1.165, 1.54) is 20.6 Å². The summed E-state index contributed by atoms with van der Waals surface area (Å²) in [5.74, 6) is 0.0185. The van der Waals surface area contributed by atoms with Crippen LogP contribution in [-0.4, -0.2) is 44.7 Å². The summed E-state index contributed by atoms with van der Waals surface area (Å²) < 4.78 is 15.3. The number of methoxy groups -OCH3 is 2. The predicted molar refractivity (Wildman–Crippen MR) is 108 cm³/mol. The van der Waals surface area contributed by atoms with E-state index in [-0.39, 0.29) is 24.8 Å².